The highest BCUT2D eigenvalue weighted by Gasteiger charge is 2.29. The third-order valence-electron chi connectivity index (χ3n) is 3.27. The van der Waals surface area contributed by atoms with Crippen LogP contribution in [0, 0.1) is 12.8 Å². The SMILES string of the molecule is Cc1ccc(S(=O)(=O)NCC2CCS(=O)(=O)C2)c(Cl)c1. The van der Waals surface area contributed by atoms with Crippen LogP contribution in [-0.4, -0.2) is 34.9 Å². The Kier molecular flexibility index (Phi) is 4.44. The van der Waals surface area contributed by atoms with E-state index in [4.69, 9.17) is 11.6 Å². The lowest BCUT2D eigenvalue weighted by atomic mass is 10.1. The van der Waals surface area contributed by atoms with Crippen LogP contribution in [-0.2, 0) is 19.9 Å². The second-order valence-electron chi connectivity index (χ2n) is 5.05. The van der Waals surface area contributed by atoms with Gasteiger partial charge in [0.2, 0.25) is 10.0 Å². The molecule has 0 spiro atoms. The minimum Gasteiger partial charge on any atom is -0.229 e. The maximum Gasteiger partial charge on any atom is 0.242 e. The summed E-state index contributed by atoms with van der Waals surface area (Å²) in [6.07, 6.45) is 0.493. The molecule has 1 aromatic rings. The zero-order chi connectivity index (χ0) is 15.0. The first-order chi connectivity index (χ1) is 9.20. The van der Waals surface area contributed by atoms with Crippen LogP contribution < -0.4 is 4.72 Å². The van der Waals surface area contributed by atoms with E-state index in [9.17, 15) is 16.8 Å². The number of sulfone groups is 1. The topological polar surface area (TPSA) is 80.3 Å². The monoisotopic (exact) mass is 337 g/mol. The van der Waals surface area contributed by atoms with Crippen molar-refractivity contribution >= 4 is 31.5 Å². The minimum absolute atomic E-state index is 0.0191. The van der Waals surface area contributed by atoms with Gasteiger partial charge in [0.1, 0.15) is 4.90 Å². The molecule has 1 fully saturated rings. The Morgan fingerprint density at radius 3 is 2.65 bits per heavy atom. The highest BCUT2D eigenvalue weighted by atomic mass is 35.5. The van der Waals surface area contributed by atoms with E-state index in [0.717, 1.165) is 5.56 Å². The van der Waals surface area contributed by atoms with E-state index in [1.54, 1.807) is 12.1 Å². The van der Waals surface area contributed by atoms with Gasteiger partial charge >= 0.3 is 0 Å². The van der Waals surface area contributed by atoms with Crippen LogP contribution in [0.2, 0.25) is 5.02 Å². The molecule has 20 heavy (non-hydrogen) atoms. The first-order valence-electron chi connectivity index (χ1n) is 6.16. The number of benzene rings is 1. The van der Waals surface area contributed by atoms with Gasteiger partial charge in [-0.2, -0.15) is 0 Å². The van der Waals surface area contributed by atoms with Crippen molar-refractivity contribution in [2.75, 3.05) is 18.1 Å². The van der Waals surface area contributed by atoms with Gasteiger partial charge in [-0.1, -0.05) is 17.7 Å². The Morgan fingerprint density at radius 1 is 1.40 bits per heavy atom. The molecule has 0 aromatic heterocycles. The van der Waals surface area contributed by atoms with E-state index in [-0.39, 0.29) is 33.9 Å². The Balaban J connectivity index is 2.08. The highest BCUT2D eigenvalue weighted by Crippen LogP contribution is 2.23. The number of hydrogen-bond donors (Lipinski definition) is 1. The summed E-state index contributed by atoms with van der Waals surface area (Å²) >= 11 is 5.94. The van der Waals surface area contributed by atoms with E-state index >= 15 is 0 Å². The molecule has 1 aliphatic rings. The third kappa shape index (κ3) is 3.72. The van der Waals surface area contributed by atoms with Crippen LogP contribution in [0.3, 0.4) is 0 Å². The van der Waals surface area contributed by atoms with Gasteiger partial charge in [-0.25, -0.2) is 21.6 Å². The summed E-state index contributed by atoms with van der Waals surface area (Å²) in [5.41, 5.74) is 0.871. The van der Waals surface area contributed by atoms with Gasteiger partial charge in [0.15, 0.2) is 9.84 Å². The van der Waals surface area contributed by atoms with Crippen LogP contribution in [0.1, 0.15) is 12.0 Å². The number of halogens is 1. The van der Waals surface area contributed by atoms with Crippen LogP contribution in [0.4, 0.5) is 0 Å². The third-order valence-corrected chi connectivity index (χ3v) is 7.01. The van der Waals surface area contributed by atoms with Gasteiger partial charge in [-0.3, -0.25) is 0 Å². The molecule has 5 nitrogen and oxygen atoms in total. The van der Waals surface area contributed by atoms with Crippen molar-refractivity contribution in [3.8, 4) is 0 Å². The Morgan fingerprint density at radius 2 is 2.10 bits per heavy atom. The van der Waals surface area contributed by atoms with Crippen molar-refractivity contribution < 1.29 is 16.8 Å². The van der Waals surface area contributed by atoms with Crippen molar-refractivity contribution in [2.24, 2.45) is 5.92 Å². The summed E-state index contributed by atoms with van der Waals surface area (Å²) in [6.45, 7) is 1.94. The van der Waals surface area contributed by atoms with Crippen LogP contribution >= 0.6 is 11.6 Å². The van der Waals surface area contributed by atoms with Crippen molar-refractivity contribution in [3.05, 3.63) is 28.8 Å². The lowest BCUT2D eigenvalue weighted by molar-refractivity contribution is 0.543. The largest absolute Gasteiger partial charge is 0.242 e. The summed E-state index contributed by atoms with van der Waals surface area (Å²) in [5.74, 6) is 0.000891. The number of rotatable bonds is 4. The van der Waals surface area contributed by atoms with E-state index in [0.29, 0.717) is 6.42 Å². The molecule has 2 rings (SSSR count). The molecule has 112 valence electrons. The summed E-state index contributed by atoms with van der Waals surface area (Å²) in [7, 11) is -6.71. The standard InChI is InChI=1S/C12H16ClNO4S2/c1-9-2-3-12(11(13)6-9)20(17,18)14-7-10-4-5-19(15,16)8-10/h2-3,6,10,14H,4-5,7-8H2,1H3. The molecule has 1 atom stereocenters. The van der Waals surface area contributed by atoms with Crippen molar-refractivity contribution in [2.45, 2.75) is 18.2 Å². The van der Waals surface area contributed by atoms with Crippen LogP contribution in [0.5, 0.6) is 0 Å². The number of aryl methyl sites for hydroxylation is 1. The quantitative estimate of drug-likeness (QED) is 0.899. The molecule has 0 amide bonds. The number of sulfonamides is 1. The first-order valence-corrected chi connectivity index (χ1v) is 9.84. The van der Waals surface area contributed by atoms with Gasteiger partial charge in [0.25, 0.3) is 0 Å². The Bertz CT molecular complexity index is 713. The maximum atomic E-state index is 12.1. The van der Waals surface area contributed by atoms with Crippen LogP contribution in [0.25, 0.3) is 0 Å². The number of nitrogens with one attached hydrogen (secondary N) is 1. The smallest absolute Gasteiger partial charge is 0.229 e. The van der Waals surface area contributed by atoms with Gasteiger partial charge in [-0.15, -0.1) is 0 Å². The fourth-order valence-corrected chi connectivity index (χ4v) is 5.74. The molecule has 0 radical (unpaired) electrons. The minimum atomic E-state index is -3.71. The molecule has 8 heteroatoms. The van der Waals surface area contributed by atoms with Crippen molar-refractivity contribution in [1.29, 1.82) is 0 Å². The summed E-state index contributed by atoms with van der Waals surface area (Å²) in [5, 5.41) is 0.163. The normalized spacial score (nSPS) is 22.0. The lowest BCUT2D eigenvalue weighted by Gasteiger charge is -2.11. The maximum absolute atomic E-state index is 12.1. The molecule has 0 saturated carbocycles. The molecule has 1 aromatic carbocycles. The van der Waals surface area contributed by atoms with Gasteiger partial charge < -0.3 is 0 Å². The van der Waals surface area contributed by atoms with Crippen LogP contribution in [0.15, 0.2) is 23.1 Å². The Hall–Kier alpha value is -0.630. The molecular formula is C12H16ClNO4S2. The summed E-state index contributed by atoms with van der Waals surface area (Å²) < 4.78 is 49.4. The second-order valence-corrected chi connectivity index (χ2v) is 9.43. The van der Waals surface area contributed by atoms with E-state index < -0.39 is 19.9 Å². The van der Waals surface area contributed by atoms with Gasteiger partial charge in [0.05, 0.1) is 16.5 Å². The number of hydrogen-bond acceptors (Lipinski definition) is 4. The average molecular weight is 338 g/mol. The Labute approximate surface area is 124 Å². The zero-order valence-electron chi connectivity index (χ0n) is 11.0. The fourth-order valence-electron chi connectivity index (χ4n) is 2.16. The van der Waals surface area contributed by atoms with Gasteiger partial charge in [0, 0.05) is 6.54 Å². The summed E-state index contributed by atoms with van der Waals surface area (Å²) in [6, 6.07) is 4.70. The predicted octanol–water partition coefficient (Wildman–Crippen LogP) is 1.36. The fraction of sp³-hybridized carbons (Fsp3) is 0.500. The van der Waals surface area contributed by atoms with E-state index in [2.05, 4.69) is 4.72 Å². The molecular weight excluding hydrogens is 322 g/mol. The highest BCUT2D eigenvalue weighted by molar-refractivity contribution is 7.91. The van der Waals surface area contributed by atoms with E-state index in [1.807, 2.05) is 6.92 Å². The molecule has 1 aliphatic heterocycles. The molecule has 1 N–H and O–H groups in total. The summed E-state index contributed by atoms with van der Waals surface area (Å²) in [4.78, 5) is 0.0191. The van der Waals surface area contributed by atoms with E-state index in [1.165, 1.54) is 6.07 Å². The predicted molar refractivity (Wildman–Crippen MR) is 78.1 cm³/mol. The van der Waals surface area contributed by atoms with Crippen molar-refractivity contribution in [3.63, 3.8) is 0 Å². The molecule has 1 unspecified atom stereocenters. The van der Waals surface area contributed by atoms with Crippen molar-refractivity contribution in [1.82, 2.24) is 4.72 Å². The molecule has 1 heterocycles. The molecule has 1 saturated heterocycles. The van der Waals surface area contributed by atoms with Gasteiger partial charge in [-0.05, 0) is 37.0 Å². The zero-order valence-corrected chi connectivity index (χ0v) is 13.4. The average Bonchev–Trinajstić information content (AvgIpc) is 2.66. The second kappa shape index (κ2) is 5.63. The molecule has 0 bridgehead atoms. The first kappa shape index (κ1) is 15.8. The lowest BCUT2D eigenvalue weighted by Crippen LogP contribution is -2.30. The molecule has 0 aliphatic carbocycles.